The van der Waals surface area contributed by atoms with Crippen molar-refractivity contribution in [1.29, 1.82) is 0 Å². The second-order valence-electron chi connectivity index (χ2n) is 5.14. The maximum atomic E-state index is 5.48. The lowest BCUT2D eigenvalue weighted by Crippen LogP contribution is -2.27. The molecule has 0 spiro atoms. The second kappa shape index (κ2) is 7.57. The fourth-order valence-electron chi connectivity index (χ4n) is 2.56. The van der Waals surface area contributed by atoms with Crippen LogP contribution >= 0.6 is 0 Å². The standard InChI is InChI=1S/C15H25N3O2/c1-4-6-16-9-12-8-13(5-7-17-12)18-10-14(19-2)15(11-18)20-3/h5,7-8,14-16H,4,6,9-11H2,1-3H3. The number of nitrogens with zero attached hydrogens (tertiary/aromatic N) is 2. The number of aromatic nitrogens is 1. The number of nitrogens with one attached hydrogen (secondary N) is 1. The van der Waals surface area contributed by atoms with Gasteiger partial charge in [0.25, 0.3) is 0 Å². The average Bonchev–Trinajstić information content (AvgIpc) is 2.91. The zero-order valence-corrected chi connectivity index (χ0v) is 12.6. The molecule has 1 N–H and O–H groups in total. The lowest BCUT2D eigenvalue weighted by molar-refractivity contribution is -0.00461. The summed E-state index contributed by atoms with van der Waals surface area (Å²) in [6, 6.07) is 4.20. The van der Waals surface area contributed by atoms with Crippen LogP contribution in [0.1, 0.15) is 19.0 Å². The number of rotatable bonds is 7. The van der Waals surface area contributed by atoms with E-state index in [0.717, 1.165) is 38.3 Å². The summed E-state index contributed by atoms with van der Waals surface area (Å²) < 4.78 is 11.0. The van der Waals surface area contributed by atoms with E-state index in [1.54, 1.807) is 14.2 Å². The normalized spacial score (nSPS) is 22.4. The van der Waals surface area contributed by atoms with Crippen molar-refractivity contribution in [2.75, 3.05) is 38.8 Å². The van der Waals surface area contributed by atoms with Crippen LogP contribution < -0.4 is 10.2 Å². The summed E-state index contributed by atoms with van der Waals surface area (Å²) in [5, 5.41) is 3.38. The van der Waals surface area contributed by atoms with Crippen LogP contribution in [0, 0.1) is 0 Å². The molecule has 0 saturated carbocycles. The molecule has 1 saturated heterocycles. The zero-order valence-electron chi connectivity index (χ0n) is 12.6. The number of ether oxygens (including phenoxy) is 2. The fraction of sp³-hybridized carbons (Fsp3) is 0.667. The van der Waals surface area contributed by atoms with Crippen LogP contribution in [0.15, 0.2) is 18.3 Å². The largest absolute Gasteiger partial charge is 0.377 e. The third kappa shape index (κ3) is 3.69. The van der Waals surface area contributed by atoms with Gasteiger partial charge in [0.1, 0.15) is 12.2 Å². The molecule has 112 valence electrons. The molecule has 0 radical (unpaired) electrons. The van der Waals surface area contributed by atoms with Gasteiger partial charge in [-0.1, -0.05) is 6.92 Å². The molecule has 2 rings (SSSR count). The highest BCUT2D eigenvalue weighted by Gasteiger charge is 2.33. The summed E-state index contributed by atoms with van der Waals surface area (Å²) in [5.41, 5.74) is 2.26. The highest BCUT2D eigenvalue weighted by molar-refractivity contribution is 5.48. The summed E-state index contributed by atoms with van der Waals surface area (Å²) in [7, 11) is 3.49. The Kier molecular flexibility index (Phi) is 5.76. The third-order valence-corrected chi connectivity index (χ3v) is 3.72. The van der Waals surface area contributed by atoms with Crippen molar-refractivity contribution in [3.8, 4) is 0 Å². The van der Waals surface area contributed by atoms with Crippen molar-refractivity contribution < 1.29 is 9.47 Å². The smallest absolute Gasteiger partial charge is 0.102 e. The van der Waals surface area contributed by atoms with Gasteiger partial charge >= 0.3 is 0 Å². The predicted octanol–water partition coefficient (Wildman–Crippen LogP) is 1.43. The molecule has 1 aromatic rings. The monoisotopic (exact) mass is 279 g/mol. The number of pyridine rings is 1. The Labute approximate surface area is 121 Å². The van der Waals surface area contributed by atoms with Gasteiger partial charge in [0.2, 0.25) is 0 Å². The van der Waals surface area contributed by atoms with Gasteiger partial charge in [0.05, 0.1) is 5.69 Å². The first-order valence-electron chi connectivity index (χ1n) is 7.24. The lowest BCUT2D eigenvalue weighted by atomic mass is 10.3. The molecule has 20 heavy (non-hydrogen) atoms. The summed E-state index contributed by atoms with van der Waals surface area (Å²) in [4.78, 5) is 6.71. The molecule has 2 heterocycles. The van der Waals surface area contributed by atoms with Gasteiger partial charge < -0.3 is 19.7 Å². The maximum Gasteiger partial charge on any atom is 0.102 e. The molecule has 1 aliphatic heterocycles. The molecule has 0 amide bonds. The van der Waals surface area contributed by atoms with Crippen molar-refractivity contribution in [3.63, 3.8) is 0 Å². The summed E-state index contributed by atoms with van der Waals surface area (Å²) in [6.07, 6.45) is 3.28. The molecule has 2 atom stereocenters. The Hall–Kier alpha value is -1.17. The summed E-state index contributed by atoms with van der Waals surface area (Å²) in [5.74, 6) is 0. The Morgan fingerprint density at radius 1 is 1.30 bits per heavy atom. The Morgan fingerprint density at radius 2 is 2.00 bits per heavy atom. The van der Waals surface area contributed by atoms with Crippen molar-refractivity contribution in [2.45, 2.75) is 32.1 Å². The summed E-state index contributed by atoms with van der Waals surface area (Å²) >= 11 is 0. The zero-order chi connectivity index (χ0) is 14.4. The molecule has 1 aromatic heterocycles. The van der Waals surface area contributed by atoms with E-state index in [0.29, 0.717) is 0 Å². The lowest BCUT2D eigenvalue weighted by Gasteiger charge is -2.18. The molecule has 0 bridgehead atoms. The minimum atomic E-state index is 0.134. The molecular formula is C15H25N3O2. The average molecular weight is 279 g/mol. The summed E-state index contributed by atoms with van der Waals surface area (Å²) in [6.45, 7) is 5.72. The Bertz CT molecular complexity index is 402. The van der Waals surface area contributed by atoms with E-state index in [2.05, 4.69) is 28.2 Å². The highest BCUT2D eigenvalue weighted by atomic mass is 16.5. The topological polar surface area (TPSA) is 46.6 Å². The van der Waals surface area contributed by atoms with Crippen LogP contribution in [0.2, 0.25) is 0 Å². The minimum absolute atomic E-state index is 0.134. The highest BCUT2D eigenvalue weighted by Crippen LogP contribution is 2.23. The van der Waals surface area contributed by atoms with Gasteiger partial charge in [0.15, 0.2) is 0 Å². The molecule has 0 aromatic carbocycles. The SMILES string of the molecule is CCCNCc1cc(N2CC(OC)C(OC)C2)ccn1. The molecule has 5 nitrogen and oxygen atoms in total. The van der Waals surface area contributed by atoms with Gasteiger partial charge in [-0.15, -0.1) is 0 Å². The van der Waals surface area contributed by atoms with E-state index >= 15 is 0 Å². The van der Waals surface area contributed by atoms with Crippen LogP contribution in [-0.4, -0.2) is 51.0 Å². The van der Waals surface area contributed by atoms with Crippen molar-refractivity contribution in [3.05, 3.63) is 24.0 Å². The van der Waals surface area contributed by atoms with Crippen LogP contribution in [0.25, 0.3) is 0 Å². The van der Waals surface area contributed by atoms with E-state index in [4.69, 9.17) is 9.47 Å². The Morgan fingerprint density at radius 3 is 2.60 bits per heavy atom. The first-order chi connectivity index (χ1) is 9.78. The number of hydrogen-bond donors (Lipinski definition) is 1. The molecule has 1 fully saturated rings. The van der Waals surface area contributed by atoms with E-state index in [9.17, 15) is 0 Å². The van der Waals surface area contributed by atoms with Crippen LogP contribution in [-0.2, 0) is 16.0 Å². The van der Waals surface area contributed by atoms with E-state index < -0.39 is 0 Å². The van der Waals surface area contributed by atoms with Gasteiger partial charge in [-0.05, 0) is 25.1 Å². The number of hydrogen-bond acceptors (Lipinski definition) is 5. The first-order valence-corrected chi connectivity index (χ1v) is 7.24. The Balaban J connectivity index is 2.00. The van der Waals surface area contributed by atoms with Crippen molar-refractivity contribution >= 4 is 5.69 Å². The van der Waals surface area contributed by atoms with Gasteiger partial charge in [-0.25, -0.2) is 0 Å². The van der Waals surface area contributed by atoms with E-state index in [1.807, 2.05) is 12.3 Å². The first kappa shape index (κ1) is 15.2. The van der Waals surface area contributed by atoms with Crippen LogP contribution in [0.5, 0.6) is 0 Å². The molecule has 5 heteroatoms. The fourth-order valence-corrected chi connectivity index (χ4v) is 2.56. The maximum absolute atomic E-state index is 5.48. The number of anilines is 1. The van der Waals surface area contributed by atoms with Crippen molar-refractivity contribution in [2.24, 2.45) is 0 Å². The molecular weight excluding hydrogens is 254 g/mol. The predicted molar refractivity (Wildman–Crippen MR) is 80.0 cm³/mol. The third-order valence-electron chi connectivity index (χ3n) is 3.72. The van der Waals surface area contributed by atoms with E-state index in [-0.39, 0.29) is 12.2 Å². The van der Waals surface area contributed by atoms with Crippen molar-refractivity contribution in [1.82, 2.24) is 10.3 Å². The number of methoxy groups -OCH3 is 2. The molecule has 2 unspecified atom stereocenters. The van der Waals surface area contributed by atoms with Crippen LogP contribution in [0.3, 0.4) is 0 Å². The molecule has 0 aliphatic carbocycles. The van der Waals surface area contributed by atoms with Gasteiger partial charge in [-0.3, -0.25) is 4.98 Å². The van der Waals surface area contributed by atoms with Gasteiger partial charge in [0, 0.05) is 45.7 Å². The van der Waals surface area contributed by atoms with Gasteiger partial charge in [-0.2, -0.15) is 0 Å². The quantitative estimate of drug-likeness (QED) is 0.765. The van der Waals surface area contributed by atoms with Crippen LogP contribution in [0.4, 0.5) is 5.69 Å². The second-order valence-corrected chi connectivity index (χ2v) is 5.14. The molecule has 1 aliphatic rings. The van der Waals surface area contributed by atoms with E-state index in [1.165, 1.54) is 5.69 Å². The minimum Gasteiger partial charge on any atom is -0.377 e.